The maximum Gasteiger partial charge on any atom is 0.321 e. The summed E-state index contributed by atoms with van der Waals surface area (Å²) >= 11 is 0. The van der Waals surface area contributed by atoms with Crippen molar-refractivity contribution in [1.82, 2.24) is 29.6 Å². The van der Waals surface area contributed by atoms with Gasteiger partial charge in [-0.25, -0.2) is 4.79 Å². The average Bonchev–Trinajstić information content (AvgIpc) is 3.83. The van der Waals surface area contributed by atoms with Crippen LogP contribution in [0, 0.1) is 0 Å². The molecule has 2 aromatic heterocycles. The predicted octanol–water partition coefficient (Wildman–Crippen LogP) is 7.80. The molecule has 4 aromatic carbocycles. The van der Waals surface area contributed by atoms with Crippen molar-refractivity contribution in [3.8, 4) is 0 Å². The van der Waals surface area contributed by atoms with E-state index in [1.165, 1.54) is 0 Å². The van der Waals surface area contributed by atoms with Gasteiger partial charge in [-0.05, 0) is 65.3 Å². The molecule has 6 aromatic rings. The highest BCUT2D eigenvalue weighted by molar-refractivity contribution is 6.07. The molecule has 0 unspecified atom stereocenters. The van der Waals surface area contributed by atoms with Gasteiger partial charge in [-0.2, -0.15) is 0 Å². The third-order valence-corrected chi connectivity index (χ3v) is 11.1. The summed E-state index contributed by atoms with van der Waals surface area (Å²) in [4.78, 5) is 56.4. The van der Waals surface area contributed by atoms with Crippen LogP contribution in [0.1, 0.15) is 58.2 Å². The van der Waals surface area contributed by atoms with E-state index in [-0.39, 0.29) is 23.3 Å². The summed E-state index contributed by atoms with van der Waals surface area (Å²) in [6.07, 6.45) is 5.39. The Morgan fingerprint density at radius 2 is 1.20 bits per heavy atom. The summed E-state index contributed by atoms with van der Waals surface area (Å²) in [6, 6.07) is 31.5. The largest absolute Gasteiger partial charge is 0.361 e. The summed E-state index contributed by atoms with van der Waals surface area (Å²) in [5.74, 6) is -0.334. The fraction of sp³-hybridized carbons (Fsp3) is 0.326. The van der Waals surface area contributed by atoms with Gasteiger partial charge >= 0.3 is 6.03 Å². The van der Waals surface area contributed by atoms with E-state index in [4.69, 9.17) is 0 Å². The number of H-pyrrole nitrogens is 2. The molecule has 0 aliphatic carbocycles. The minimum Gasteiger partial charge on any atom is -0.361 e. The molecule has 3 N–H and O–H groups in total. The first kappa shape index (κ1) is 38.4. The lowest BCUT2D eigenvalue weighted by Gasteiger charge is -2.36. The molecule has 7 rings (SSSR count). The molecule has 3 heterocycles. The number of nitrogens with one attached hydrogen (secondary N) is 3. The van der Waals surface area contributed by atoms with Gasteiger partial charge in [0.25, 0.3) is 11.8 Å². The number of rotatable bonds is 12. The van der Waals surface area contributed by atoms with Gasteiger partial charge in [-0.3, -0.25) is 14.5 Å². The molecule has 0 radical (unpaired) electrons. The molecule has 1 fully saturated rings. The van der Waals surface area contributed by atoms with Crippen LogP contribution < -0.4 is 5.32 Å². The lowest BCUT2D eigenvalue weighted by Crippen LogP contribution is -2.51. The number of urea groups is 1. The van der Waals surface area contributed by atoms with Crippen LogP contribution in [-0.4, -0.2) is 107 Å². The van der Waals surface area contributed by atoms with Gasteiger partial charge in [-0.1, -0.05) is 87.5 Å². The van der Waals surface area contributed by atoms with Crippen LogP contribution in [0.3, 0.4) is 0 Å². The van der Waals surface area contributed by atoms with E-state index in [1.807, 2.05) is 82.9 Å². The molecule has 1 aliphatic rings. The number of aromatic nitrogens is 2. The summed E-state index contributed by atoms with van der Waals surface area (Å²) in [5, 5.41) is 5.45. The molecule has 10 nitrogen and oxygen atoms in total. The lowest BCUT2D eigenvalue weighted by molar-refractivity contribution is 0.0704. The van der Waals surface area contributed by atoms with Crippen molar-refractivity contribution in [1.29, 1.82) is 0 Å². The molecule has 0 atom stereocenters. The van der Waals surface area contributed by atoms with Crippen LogP contribution >= 0.6 is 0 Å². The number of piperazine rings is 1. The number of hydrogen-bond donors (Lipinski definition) is 3. The van der Waals surface area contributed by atoms with E-state index >= 15 is 0 Å². The van der Waals surface area contributed by atoms with Crippen LogP contribution in [-0.2, 0) is 18.3 Å². The second-order valence-electron chi connectivity index (χ2n) is 15.8. The number of nitrogens with zero attached hydrogens (tertiary/aromatic N) is 4. The zero-order valence-corrected chi connectivity index (χ0v) is 33.0. The van der Waals surface area contributed by atoms with Crippen molar-refractivity contribution in [2.24, 2.45) is 0 Å². The minimum absolute atomic E-state index is 0.0930. The van der Waals surface area contributed by atoms with Crippen molar-refractivity contribution in [2.75, 3.05) is 64.7 Å². The second-order valence-corrected chi connectivity index (χ2v) is 15.8. The zero-order valence-electron chi connectivity index (χ0n) is 33.0. The SMILES string of the molecule is CN(CCc1c[nH]c2ccccc12)C(=O)c1ccccc1C(=O)N(CCc1c[nH]c2ccccc12)CCN1CCN(C(=O)Nc2ccccc2C(C)(C)C)CC1. The van der Waals surface area contributed by atoms with Crippen molar-refractivity contribution in [3.63, 3.8) is 0 Å². The standard InChI is InChI=1S/C46H53N7O3/c1-46(2,3)39-17-9-12-20-42(39)49-45(56)53-29-26-51(27-30-53)25-28-52(24-22-34-32-48-41-19-11-8-14-36(34)41)44(55)38-16-6-5-15-37(38)43(54)50(4)23-21-33-31-47-40-18-10-7-13-35(33)40/h5-20,31-32,47-48H,21-30H2,1-4H3,(H,49,56). The number of aromatic amines is 2. The van der Waals surface area contributed by atoms with Crippen LogP contribution in [0.15, 0.2) is 109 Å². The Balaban J connectivity index is 1.02. The Labute approximate surface area is 329 Å². The van der Waals surface area contributed by atoms with Crippen LogP contribution in [0.4, 0.5) is 10.5 Å². The molecule has 1 aliphatic heterocycles. The molecule has 0 bridgehead atoms. The van der Waals surface area contributed by atoms with E-state index < -0.39 is 0 Å². The minimum atomic E-state index is -0.176. The highest BCUT2D eigenvalue weighted by Crippen LogP contribution is 2.29. The Kier molecular flexibility index (Phi) is 11.6. The monoisotopic (exact) mass is 751 g/mol. The van der Waals surface area contributed by atoms with Crippen molar-refractivity contribution < 1.29 is 14.4 Å². The molecular weight excluding hydrogens is 699 g/mol. The quantitative estimate of drug-likeness (QED) is 0.119. The van der Waals surface area contributed by atoms with Gasteiger partial charge in [0.15, 0.2) is 0 Å². The van der Waals surface area contributed by atoms with E-state index in [9.17, 15) is 14.4 Å². The Morgan fingerprint density at radius 1 is 0.661 bits per heavy atom. The van der Waals surface area contributed by atoms with Gasteiger partial charge < -0.3 is 30.0 Å². The third kappa shape index (κ3) is 8.66. The number of carbonyl (C=O) groups is 3. The third-order valence-electron chi connectivity index (χ3n) is 11.1. The maximum atomic E-state index is 14.6. The molecule has 10 heteroatoms. The maximum absolute atomic E-state index is 14.6. The first-order valence-corrected chi connectivity index (χ1v) is 19.7. The molecule has 4 amide bonds. The normalized spacial score (nSPS) is 13.6. The van der Waals surface area contributed by atoms with E-state index in [2.05, 4.69) is 65.2 Å². The number of benzene rings is 4. The van der Waals surface area contributed by atoms with Crippen LogP contribution in [0.25, 0.3) is 21.8 Å². The van der Waals surface area contributed by atoms with E-state index in [0.29, 0.717) is 76.3 Å². The number of anilines is 1. The Morgan fingerprint density at radius 3 is 1.82 bits per heavy atom. The number of hydrogen-bond acceptors (Lipinski definition) is 4. The average molecular weight is 752 g/mol. The molecule has 0 spiro atoms. The van der Waals surface area contributed by atoms with Gasteiger partial charge in [-0.15, -0.1) is 0 Å². The first-order valence-electron chi connectivity index (χ1n) is 19.7. The number of fused-ring (bicyclic) bond motifs is 2. The fourth-order valence-electron chi connectivity index (χ4n) is 7.75. The Hall–Kier alpha value is -5.87. The summed E-state index contributed by atoms with van der Waals surface area (Å²) in [6.45, 7) is 11.2. The summed E-state index contributed by atoms with van der Waals surface area (Å²) in [7, 11) is 1.80. The van der Waals surface area contributed by atoms with Gasteiger partial charge in [0.05, 0.1) is 11.1 Å². The predicted molar refractivity (Wildman–Crippen MR) is 225 cm³/mol. The number of likely N-dealkylation sites (N-methyl/N-ethyl adjacent to an activating group) is 1. The van der Waals surface area contributed by atoms with Gasteiger partial charge in [0.2, 0.25) is 0 Å². The molecule has 0 saturated carbocycles. The summed E-state index contributed by atoms with van der Waals surface area (Å²) < 4.78 is 0. The number of para-hydroxylation sites is 3. The fourth-order valence-corrected chi connectivity index (χ4v) is 7.75. The van der Waals surface area contributed by atoms with Crippen LogP contribution in [0.2, 0.25) is 0 Å². The first-order chi connectivity index (χ1) is 27.1. The highest BCUT2D eigenvalue weighted by atomic mass is 16.2. The van der Waals surface area contributed by atoms with E-state index in [0.717, 1.165) is 44.2 Å². The Bertz CT molecular complexity index is 2310. The highest BCUT2D eigenvalue weighted by Gasteiger charge is 2.27. The van der Waals surface area contributed by atoms with E-state index in [1.54, 1.807) is 24.1 Å². The van der Waals surface area contributed by atoms with Crippen molar-refractivity contribution in [2.45, 2.75) is 39.0 Å². The zero-order chi connectivity index (χ0) is 39.2. The number of amides is 4. The van der Waals surface area contributed by atoms with Crippen molar-refractivity contribution >= 4 is 45.3 Å². The molecule has 1 saturated heterocycles. The summed E-state index contributed by atoms with van der Waals surface area (Å²) in [5.41, 5.74) is 7.10. The molecule has 56 heavy (non-hydrogen) atoms. The smallest absolute Gasteiger partial charge is 0.321 e. The molecule has 290 valence electrons. The second kappa shape index (κ2) is 16.9. The number of carbonyl (C=O) groups excluding carboxylic acids is 3. The molecular formula is C46H53N7O3. The topological polar surface area (TPSA) is 108 Å². The van der Waals surface area contributed by atoms with Crippen LogP contribution in [0.5, 0.6) is 0 Å². The van der Waals surface area contributed by atoms with Crippen molar-refractivity contribution in [3.05, 3.63) is 137 Å². The van der Waals surface area contributed by atoms with Gasteiger partial charge in [0.1, 0.15) is 0 Å². The lowest BCUT2D eigenvalue weighted by atomic mass is 9.86. The van der Waals surface area contributed by atoms with Gasteiger partial charge in [0, 0.05) is 99.3 Å².